The number of aryl methyl sites for hydroxylation is 2. The van der Waals surface area contributed by atoms with Crippen LogP contribution in [0.1, 0.15) is 43.9 Å². The average molecular weight is 385 g/mol. The molecule has 0 saturated heterocycles. The quantitative estimate of drug-likeness (QED) is 0.459. The number of hydrogen-bond donors (Lipinski definition) is 0. The number of unbranched alkanes of at least 4 members (excludes halogenated alkanes) is 1. The van der Waals surface area contributed by atoms with E-state index in [1.54, 1.807) is 6.92 Å². The Morgan fingerprint density at radius 3 is 2.78 bits per heavy atom. The van der Waals surface area contributed by atoms with Crippen LogP contribution in [0.3, 0.4) is 0 Å². The first-order valence-corrected chi connectivity index (χ1v) is 10.0. The highest BCUT2D eigenvalue weighted by Gasteiger charge is 2.21. The smallest absolute Gasteiger partial charge is 0.328 e. The molecule has 0 radical (unpaired) electrons. The van der Waals surface area contributed by atoms with Gasteiger partial charge in [-0.25, -0.2) is 9.78 Å². The minimum Gasteiger partial charge on any atom is -0.464 e. The van der Waals surface area contributed by atoms with Crippen LogP contribution in [0.25, 0.3) is 21.3 Å². The van der Waals surface area contributed by atoms with Crippen molar-refractivity contribution >= 4 is 27.5 Å². The van der Waals surface area contributed by atoms with Crippen LogP contribution < -0.4 is 5.56 Å². The highest BCUT2D eigenvalue weighted by molar-refractivity contribution is 7.17. The molecule has 5 nitrogen and oxygen atoms in total. The number of carbonyl (C=O) groups is 1. The molecule has 3 aromatic rings. The molecule has 2 aromatic heterocycles. The summed E-state index contributed by atoms with van der Waals surface area (Å²) in [6.07, 6.45) is 3.20. The summed E-state index contributed by atoms with van der Waals surface area (Å²) in [4.78, 5) is 30.5. The van der Waals surface area contributed by atoms with Crippen LogP contribution in [0.15, 0.2) is 34.7 Å². The zero-order chi connectivity index (χ0) is 19.6. The normalized spacial score (nSPS) is 12.3. The van der Waals surface area contributed by atoms with Crippen molar-refractivity contribution in [3.05, 3.63) is 51.4 Å². The number of rotatable bonds is 6. The van der Waals surface area contributed by atoms with Gasteiger partial charge < -0.3 is 4.74 Å². The fourth-order valence-corrected chi connectivity index (χ4v) is 3.80. The SMILES string of the molecule is CCCCOC(=O)[C@H](C)n1cnc2scc(-c3ccc(C)c(C)c3)c2c1=O. The predicted molar refractivity (Wildman–Crippen MR) is 109 cm³/mol. The number of esters is 1. The van der Waals surface area contributed by atoms with Gasteiger partial charge >= 0.3 is 5.97 Å². The summed E-state index contributed by atoms with van der Waals surface area (Å²) in [6.45, 7) is 8.19. The highest BCUT2D eigenvalue weighted by Crippen LogP contribution is 2.31. The van der Waals surface area contributed by atoms with Crippen molar-refractivity contribution in [1.82, 2.24) is 9.55 Å². The van der Waals surface area contributed by atoms with Gasteiger partial charge in [0.05, 0.1) is 18.3 Å². The van der Waals surface area contributed by atoms with Crippen molar-refractivity contribution in [3.8, 4) is 11.1 Å². The molecule has 1 aromatic carbocycles. The molecule has 0 fully saturated rings. The van der Waals surface area contributed by atoms with Gasteiger partial charge in [0.1, 0.15) is 10.9 Å². The largest absolute Gasteiger partial charge is 0.464 e. The van der Waals surface area contributed by atoms with E-state index in [-0.39, 0.29) is 5.56 Å². The Morgan fingerprint density at radius 2 is 2.07 bits per heavy atom. The summed E-state index contributed by atoms with van der Waals surface area (Å²) in [5, 5.41) is 2.51. The molecule has 0 aliphatic rings. The third-order valence-electron chi connectivity index (χ3n) is 4.84. The Labute approximate surface area is 162 Å². The second-order valence-corrected chi connectivity index (χ2v) is 7.64. The maximum absolute atomic E-state index is 13.1. The molecule has 3 rings (SSSR count). The lowest BCUT2D eigenvalue weighted by molar-refractivity contribution is -0.147. The number of nitrogens with zero attached hydrogens (tertiary/aromatic N) is 2. The lowest BCUT2D eigenvalue weighted by Gasteiger charge is -2.14. The molecule has 142 valence electrons. The molecule has 0 bridgehead atoms. The van der Waals surface area contributed by atoms with Crippen molar-refractivity contribution in [3.63, 3.8) is 0 Å². The third-order valence-corrected chi connectivity index (χ3v) is 5.72. The number of ether oxygens (including phenoxy) is 1. The number of hydrogen-bond acceptors (Lipinski definition) is 5. The summed E-state index contributed by atoms with van der Waals surface area (Å²) in [6, 6.07) is 5.44. The van der Waals surface area contributed by atoms with E-state index in [1.165, 1.54) is 33.4 Å². The number of carbonyl (C=O) groups excluding carboxylic acids is 1. The molecule has 1 atom stereocenters. The summed E-state index contributed by atoms with van der Waals surface area (Å²) >= 11 is 1.44. The molecule has 0 amide bonds. The van der Waals surface area contributed by atoms with E-state index >= 15 is 0 Å². The molecule has 0 saturated carbocycles. The zero-order valence-electron chi connectivity index (χ0n) is 16.1. The fraction of sp³-hybridized carbons (Fsp3) is 0.381. The summed E-state index contributed by atoms with van der Waals surface area (Å²) in [5.41, 5.74) is 4.01. The monoisotopic (exact) mass is 384 g/mol. The molecule has 0 aliphatic carbocycles. The van der Waals surface area contributed by atoms with E-state index in [2.05, 4.69) is 31.0 Å². The van der Waals surface area contributed by atoms with E-state index in [0.29, 0.717) is 16.8 Å². The molecular weight excluding hydrogens is 360 g/mol. The molecule has 0 N–H and O–H groups in total. The van der Waals surface area contributed by atoms with Gasteiger partial charge in [-0.1, -0.05) is 31.5 Å². The van der Waals surface area contributed by atoms with Crippen LogP contribution in [0.4, 0.5) is 0 Å². The van der Waals surface area contributed by atoms with E-state index in [9.17, 15) is 9.59 Å². The first-order valence-electron chi connectivity index (χ1n) is 9.16. The van der Waals surface area contributed by atoms with Crippen LogP contribution in [-0.2, 0) is 9.53 Å². The molecular formula is C21H24N2O3S. The van der Waals surface area contributed by atoms with Gasteiger partial charge in [-0.15, -0.1) is 11.3 Å². The Morgan fingerprint density at radius 1 is 1.30 bits per heavy atom. The minimum absolute atomic E-state index is 0.214. The third kappa shape index (κ3) is 3.81. The van der Waals surface area contributed by atoms with E-state index in [0.717, 1.165) is 24.0 Å². The molecule has 2 heterocycles. The first-order chi connectivity index (χ1) is 12.9. The summed E-state index contributed by atoms with van der Waals surface area (Å²) < 4.78 is 6.64. The van der Waals surface area contributed by atoms with Crippen molar-refractivity contribution in [2.45, 2.75) is 46.6 Å². The molecule has 27 heavy (non-hydrogen) atoms. The number of benzene rings is 1. The van der Waals surface area contributed by atoms with Gasteiger partial charge in [-0.3, -0.25) is 9.36 Å². The Hall–Kier alpha value is -2.47. The molecule has 0 spiro atoms. The topological polar surface area (TPSA) is 61.2 Å². The van der Waals surface area contributed by atoms with Crippen LogP contribution in [0.2, 0.25) is 0 Å². The van der Waals surface area contributed by atoms with Gasteiger partial charge in [0, 0.05) is 10.9 Å². The lowest BCUT2D eigenvalue weighted by atomic mass is 10.0. The summed E-state index contributed by atoms with van der Waals surface area (Å²) in [5.74, 6) is -0.408. The highest BCUT2D eigenvalue weighted by atomic mass is 32.1. The number of thiophene rings is 1. The van der Waals surface area contributed by atoms with E-state index in [1.807, 2.05) is 18.4 Å². The van der Waals surface area contributed by atoms with Gasteiger partial charge in [0.25, 0.3) is 5.56 Å². The van der Waals surface area contributed by atoms with Crippen LogP contribution in [0.5, 0.6) is 0 Å². The molecule has 6 heteroatoms. The maximum Gasteiger partial charge on any atom is 0.328 e. The number of aromatic nitrogens is 2. The second-order valence-electron chi connectivity index (χ2n) is 6.78. The summed E-state index contributed by atoms with van der Waals surface area (Å²) in [7, 11) is 0. The Bertz CT molecular complexity index is 1040. The van der Waals surface area contributed by atoms with Crippen molar-refractivity contribution < 1.29 is 9.53 Å². The van der Waals surface area contributed by atoms with Crippen molar-refractivity contribution in [2.75, 3.05) is 6.61 Å². The van der Waals surface area contributed by atoms with Crippen molar-refractivity contribution in [2.24, 2.45) is 0 Å². The van der Waals surface area contributed by atoms with Crippen LogP contribution in [-0.4, -0.2) is 22.1 Å². The van der Waals surface area contributed by atoms with E-state index < -0.39 is 12.0 Å². The van der Waals surface area contributed by atoms with Gasteiger partial charge in [-0.05, 0) is 43.9 Å². The minimum atomic E-state index is -0.709. The molecule has 0 unspecified atom stereocenters. The Balaban J connectivity index is 2.02. The average Bonchev–Trinajstić information content (AvgIpc) is 3.09. The van der Waals surface area contributed by atoms with E-state index in [4.69, 9.17) is 4.74 Å². The van der Waals surface area contributed by atoms with Crippen LogP contribution >= 0.6 is 11.3 Å². The Kier molecular flexibility index (Phi) is 5.75. The van der Waals surface area contributed by atoms with Crippen LogP contribution in [0, 0.1) is 13.8 Å². The van der Waals surface area contributed by atoms with Crippen molar-refractivity contribution in [1.29, 1.82) is 0 Å². The van der Waals surface area contributed by atoms with Gasteiger partial charge in [0.15, 0.2) is 0 Å². The lowest BCUT2D eigenvalue weighted by Crippen LogP contribution is -2.29. The zero-order valence-corrected chi connectivity index (χ0v) is 16.9. The van der Waals surface area contributed by atoms with Gasteiger partial charge in [0.2, 0.25) is 0 Å². The van der Waals surface area contributed by atoms with Gasteiger partial charge in [-0.2, -0.15) is 0 Å². The second kappa shape index (κ2) is 8.05. The first kappa shape index (κ1) is 19.3. The maximum atomic E-state index is 13.1. The fourth-order valence-electron chi connectivity index (χ4n) is 2.89. The standard InChI is InChI=1S/C21H24N2O3S/c1-5-6-9-26-21(25)15(4)23-12-22-19-18(20(23)24)17(11-27-19)16-8-7-13(2)14(3)10-16/h7-8,10-12,15H,5-6,9H2,1-4H3/t15-/m0/s1. The predicted octanol–water partition coefficient (Wildman–Crippen LogP) is 4.65. The molecule has 0 aliphatic heterocycles. The number of fused-ring (bicyclic) bond motifs is 1.